The summed E-state index contributed by atoms with van der Waals surface area (Å²) in [6.07, 6.45) is 1.65. The molecule has 1 N–H and O–H groups in total. The molecule has 0 bridgehead atoms. The predicted octanol–water partition coefficient (Wildman–Crippen LogP) is 4.13. The van der Waals surface area contributed by atoms with Gasteiger partial charge in [-0.1, -0.05) is 43.7 Å². The lowest BCUT2D eigenvalue weighted by atomic mass is 9.84. The van der Waals surface area contributed by atoms with Crippen LogP contribution in [0.1, 0.15) is 51.7 Å². The summed E-state index contributed by atoms with van der Waals surface area (Å²) in [4.78, 5) is 19.2. The van der Waals surface area contributed by atoms with Crippen molar-refractivity contribution in [2.75, 3.05) is 32.8 Å². The average molecular weight is 501 g/mol. The highest BCUT2D eigenvalue weighted by Gasteiger charge is 2.28. The number of rotatable bonds is 6. The summed E-state index contributed by atoms with van der Waals surface area (Å²) in [6.45, 7) is 14.2. The van der Waals surface area contributed by atoms with Crippen molar-refractivity contribution < 1.29 is 9.53 Å². The Hall–Kier alpha value is -1.31. The van der Waals surface area contributed by atoms with Crippen LogP contribution in [-0.2, 0) is 14.9 Å². The number of esters is 1. The third-order valence-electron chi connectivity index (χ3n) is 5.17. The first-order valence-corrected chi connectivity index (χ1v) is 10.1. The van der Waals surface area contributed by atoms with Gasteiger partial charge in [-0.3, -0.25) is 9.79 Å². The summed E-state index contributed by atoms with van der Waals surface area (Å²) in [6, 6.07) is 8.66. The van der Waals surface area contributed by atoms with Crippen LogP contribution < -0.4 is 5.32 Å². The van der Waals surface area contributed by atoms with E-state index in [0.717, 1.165) is 45.0 Å². The Labute approximate surface area is 187 Å². The van der Waals surface area contributed by atoms with Crippen molar-refractivity contribution in [3.8, 4) is 0 Å². The van der Waals surface area contributed by atoms with E-state index < -0.39 is 0 Å². The number of nitrogens with one attached hydrogen (secondary N) is 1. The van der Waals surface area contributed by atoms with Gasteiger partial charge in [-0.25, -0.2) is 0 Å². The number of carbonyl (C=O) groups excluding carboxylic acids is 1. The Bertz CT molecular complexity index is 653. The average Bonchev–Trinajstić information content (AvgIpc) is 2.65. The van der Waals surface area contributed by atoms with E-state index in [4.69, 9.17) is 9.73 Å². The summed E-state index contributed by atoms with van der Waals surface area (Å²) in [5.41, 5.74) is 2.55. The largest absolute Gasteiger partial charge is 0.466 e. The molecule has 0 radical (unpaired) electrons. The zero-order chi connectivity index (χ0) is 19.9. The topological polar surface area (TPSA) is 53.9 Å². The van der Waals surface area contributed by atoms with E-state index in [2.05, 4.69) is 62.2 Å². The van der Waals surface area contributed by atoms with Gasteiger partial charge in [0.15, 0.2) is 5.96 Å². The van der Waals surface area contributed by atoms with Crippen LogP contribution in [-0.4, -0.2) is 49.6 Å². The molecule has 6 heteroatoms. The maximum atomic E-state index is 12.0. The van der Waals surface area contributed by atoms with Crippen LogP contribution in [0.15, 0.2) is 29.3 Å². The Morgan fingerprint density at radius 3 is 2.54 bits per heavy atom. The quantitative estimate of drug-likeness (QED) is 0.276. The SMILES string of the molecule is CCNC(=NCC(C)(C)c1cccc(C)c1)N1CCC(C(=O)OCC)CC1.I. The van der Waals surface area contributed by atoms with Crippen molar-refractivity contribution in [3.63, 3.8) is 0 Å². The molecule has 1 aromatic carbocycles. The van der Waals surface area contributed by atoms with Crippen molar-refractivity contribution >= 4 is 35.9 Å². The van der Waals surface area contributed by atoms with Gasteiger partial charge in [0, 0.05) is 25.0 Å². The van der Waals surface area contributed by atoms with Crippen molar-refractivity contribution in [2.24, 2.45) is 10.9 Å². The molecule has 0 amide bonds. The van der Waals surface area contributed by atoms with E-state index in [0.29, 0.717) is 6.61 Å². The summed E-state index contributed by atoms with van der Waals surface area (Å²) < 4.78 is 5.17. The fourth-order valence-electron chi connectivity index (χ4n) is 3.44. The smallest absolute Gasteiger partial charge is 0.309 e. The molecule has 1 heterocycles. The second kappa shape index (κ2) is 11.6. The molecule has 0 atom stereocenters. The van der Waals surface area contributed by atoms with Gasteiger partial charge in [0.2, 0.25) is 0 Å². The lowest BCUT2D eigenvalue weighted by molar-refractivity contribution is -0.149. The van der Waals surface area contributed by atoms with Gasteiger partial charge in [0.1, 0.15) is 0 Å². The van der Waals surface area contributed by atoms with Crippen LogP contribution in [0.3, 0.4) is 0 Å². The Morgan fingerprint density at radius 2 is 1.96 bits per heavy atom. The standard InChI is InChI=1S/C22H35N3O2.HI/c1-6-23-21(25-13-11-18(12-14-25)20(26)27-7-2)24-16-22(4,5)19-10-8-9-17(3)15-19;/h8-10,15,18H,6-7,11-14,16H2,1-5H3,(H,23,24);1H. The molecule has 0 aliphatic carbocycles. The van der Waals surface area contributed by atoms with Gasteiger partial charge >= 0.3 is 5.97 Å². The number of piperidine rings is 1. The molecular formula is C22H36IN3O2. The fourth-order valence-corrected chi connectivity index (χ4v) is 3.44. The van der Waals surface area contributed by atoms with Gasteiger partial charge in [-0.2, -0.15) is 0 Å². The molecule has 1 aliphatic heterocycles. The van der Waals surface area contributed by atoms with E-state index in [1.165, 1.54) is 11.1 Å². The van der Waals surface area contributed by atoms with E-state index in [1.807, 2.05) is 6.92 Å². The first kappa shape index (κ1) is 24.7. The molecule has 158 valence electrons. The van der Waals surface area contributed by atoms with Gasteiger partial charge in [0.05, 0.1) is 19.1 Å². The number of benzene rings is 1. The zero-order valence-electron chi connectivity index (χ0n) is 18.0. The summed E-state index contributed by atoms with van der Waals surface area (Å²) in [5, 5.41) is 3.42. The first-order valence-electron chi connectivity index (χ1n) is 10.1. The third-order valence-corrected chi connectivity index (χ3v) is 5.17. The second-order valence-corrected chi connectivity index (χ2v) is 7.94. The minimum atomic E-state index is -0.0559. The second-order valence-electron chi connectivity index (χ2n) is 7.94. The molecular weight excluding hydrogens is 465 g/mol. The zero-order valence-corrected chi connectivity index (χ0v) is 20.3. The van der Waals surface area contributed by atoms with Crippen molar-refractivity contribution in [1.29, 1.82) is 0 Å². The van der Waals surface area contributed by atoms with E-state index in [9.17, 15) is 4.79 Å². The number of likely N-dealkylation sites (tertiary alicyclic amines) is 1. The Balaban J connectivity index is 0.00000392. The molecule has 0 saturated carbocycles. The summed E-state index contributed by atoms with van der Waals surface area (Å²) >= 11 is 0. The Morgan fingerprint density at radius 1 is 1.29 bits per heavy atom. The van der Waals surface area contributed by atoms with E-state index in [1.54, 1.807) is 0 Å². The first-order chi connectivity index (χ1) is 12.9. The molecule has 0 aromatic heterocycles. The monoisotopic (exact) mass is 501 g/mol. The van der Waals surface area contributed by atoms with Crippen LogP contribution in [0.5, 0.6) is 0 Å². The fraction of sp³-hybridized carbons (Fsp3) is 0.636. The van der Waals surface area contributed by atoms with Crippen molar-refractivity contribution in [2.45, 2.75) is 52.9 Å². The number of ether oxygens (including phenoxy) is 1. The highest BCUT2D eigenvalue weighted by atomic mass is 127. The van der Waals surface area contributed by atoms with E-state index >= 15 is 0 Å². The van der Waals surface area contributed by atoms with Crippen LogP contribution in [0, 0.1) is 12.8 Å². The molecule has 1 aromatic rings. The highest BCUT2D eigenvalue weighted by molar-refractivity contribution is 14.0. The molecule has 28 heavy (non-hydrogen) atoms. The lowest BCUT2D eigenvalue weighted by Crippen LogP contribution is -2.47. The predicted molar refractivity (Wildman–Crippen MR) is 127 cm³/mol. The number of hydrogen-bond acceptors (Lipinski definition) is 3. The Kier molecular flexibility index (Phi) is 10.3. The third kappa shape index (κ3) is 6.94. The van der Waals surface area contributed by atoms with Gasteiger partial charge < -0.3 is 15.0 Å². The molecule has 2 rings (SSSR count). The number of guanidine groups is 1. The summed E-state index contributed by atoms with van der Waals surface area (Å²) in [5.74, 6) is 0.910. The number of hydrogen-bond donors (Lipinski definition) is 1. The minimum Gasteiger partial charge on any atom is -0.466 e. The number of carbonyl (C=O) groups is 1. The van der Waals surface area contributed by atoms with Crippen LogP contribution in [0.2, 0.25) is 0 Å². The van der Waals surface area contributed by atoms with Crippen LogP contribution in [0.4, 0.5) is 0 Å². The normalized spacial score (nSPS) is 15.8. The van der Waals surface area contributed by atoms with Crippen molar-refractivity contribution in [1.82, 2.24) is 10.2 Å². The number of aryl methyl sites for hydroxylation is 1. The molecule has 1 aliphatic rings. The molecule has 5 nitrogen and oxygen atoms in total. The number of halogens is 1. The maximum Gasteiger partial charge on any atom is 0.309 e. The lowest BCUT2D eigenvalue weighted by Gasteiger charge is -2.34. The highest BCUT2D eigenvalue weighted by Crippen LogP contribution is 2.25. The minimum absolute atomic E-state index is 0. The van der Waals surface area contributed by atoms with E-state index in [-0.39, 0.29) is 41.3 Å². The number of nitrogens with zero attached hydrogens (tertiary/aromatic N) is 2. The summed E-state index contributed by atoms with van der Waals surface area (Å²) in [7, 11) is 0. The van der Waals surface area contributed by atoms with Crippen LogP contribution in [0.25, 0.3) is 0 Å². The molecule has 0 spiro atoms. The van der Waals surface area contributed by atoms with Crippen LogP contribution >= 0.6 is 24.0 Å². The molecule has 1 saturated heterocycles. The van der Waals surface area contributed by atoms with Gasteiger partial charge in [-0.15, -0.1) is 24.0 Å². The van der Waals surface area contributed by atoms with Gasteiger partial charge in [-0.05, 0) is 39.2 Å². The number of aliphatic imine (C=N–C) groups is 1. The van der Waals surface area contributed by atoms with Gasteiger partial charge in [0.25, 0.3) is 0 Å². The molecule has 1 fully saturated rings. The van der Waals surface area contributed by atoms with Crippen molar-refractivity contribution in [3.05, 3.63) is 35.4 Å². The maximum absolute atomic E-state index is 12.0. The molecule has 0 unspecified atom stereocenters.